The van der Waals surface area contributed by atoms with Crippen molar-refractivity contribution in [3.05, 3.63) is 24.3 Å². The zero-order valence-corrected chi connectivity index (χ0v) is 10.9. The van der Waals surface area contributed by atoms with Crippen LogP contribution in [0.2, 0.25) is 0 Å². The van der Waals surface area contributed by atoms with Crippen LogP contribution in [0.15, 0.2) is 29.2 Å². The molecule has 0 aliphatic carbocycles. The van der Waals surface area contributed by atoms with Crippen LogP contribution in [-0.2, 0) is 10.0 Å². The second-order valence-corrected chi connectivity index (χ2v) is 5.97. The first-order valence-electron chi connectivity index (χ1n) is 5.65. The molecule has 0 bridgehead atoms. The van der Waals surface area contributed by atoms with E-state index in [0.29, 0.717) is 18.7 Å². The molecule has 0 saturated carbocycles. The van der Waals surface area contributed by atoms with Gasteiger partial charge in [-0.2, -0.15) is 9.57 Å². The fourth-order valence-corrected chi connectivity index (χ4v) is 3.65. The Morgan fingerprint density at radius 1 is 1.39 bits per heavy atom. The zero-order chi connectivity index (χ0) is 13.2. The molecule has 0 spiro atoms. The van der Waals surface area contributed by atoms with Crippen LogP contribution in [0.1, 0.15) is 12.8 Å². The molecule has 6 heteroatoms. The van der Waals surface area contributed by atoms with E-state index in [9.17, 15) is 8.42 Å². The van der Waals surface area contributed by atoms with E-state index in [1.807, 2.05) is 6.07 Å². The highest BCUT2D eigenvalue weighted by Gasteiger charge is 2.35. The highest BCUT2D eigenvalue weighted by atomic mass is 32.2. The number of ether oxygens (including phenoxy) is 1. The molecule has 1 aromatic rings. The summed E-state index contributed by atoms with van der Waals surface area (Å²) in [7, 11) is -2.05. The summed E-state index contributed by atoms with van der Waals surface area (Å²) < 4.78 is 30.9. The SMILES string of the molecule is COc1ccc(S(=O)(=O)N2CCCC2C#N)cc1. The van der Waals surface area contributed by atoms with E-state index < -0.39 is 16.1 Å². The molecule has 0 amide bonds. The van der Waals surface area contributed by atoms with Crippen LogP contribution in [-0.4, -0.2) is 32.4 Å². The molecule has 1 unspecified atom stereocenters. The molecular weight excluding hydrogens is 252 g/mol. The van der Waals surface area contributed by atoms with Gasteiger partial charge in [-0.15, -0.1) is 0 Å². The summed E-state index contributed by atoms with van der Waals surface area (Å²) in [5.41, 5.74) is 0. The van der Waals surface area contributed by atoms with Crippen LogP contribution in [0.25, 0.3) is 0 Å². The lowest BCUT2D eigenvalue weighted by Crippen LogP contribution is -2.34. The summed E-state index contributed by atoms with van der Waals surface area (Å²) in [5, 5.41) is 8.95. The summed E-state index contributed by atoms with van der Waals surface area (Å²) in [6, 6.07) is 7.70. The molecule has 1 aromatic carbocycles. The maximum atomic E-state index is 12.3. The van der Waals surface area contributed by atoms with Gasteiger partial charge in [0.2, 0.25) is 10.0 Å². The predicted octanol–water partition coefficient (Wildman–Crippen LogP) is 1.37. The Labute approximate surface area is 107 Å². The number of hydrogen-bond acceptors (Lipinski definition) is 4. The van der Waals surface area contributed by atoms with E-state index in [0.717, 1.165) is 6.42 Å². The van der Waals surface area contributed by atoms with Gasteiger partial charge in [-0.1, -0.05) is 0 Å². The molecule has 1 fully saturated rings. The molecule has 1 aliphatic rings. The van der Waals surface area contributed by atoms with Crippen molar-refractivity contribution in [2.75, 3.05) is 13.7 Å². The number of benzene rings is 1. The standard InChI is InChI=1S/C12H14N2O3S/c1-17-11-4-6-12(7-5-11)18(15,16)14-8-2-3-10(14)9-13/h4-7,10H,2-3,8H2,1H3. The molecule has 1 atom stereocenters. The van der Waals surface area contributed by atoms with Crippen molar-refractivity contribution in [1.29, 1.82) is 5.26 Å². The molecule has 5 nitrogen and oxygen atoms in total. The Morgan fingerprint density at radius 3 is 2.61 bits per heavy atom. The third-order valence-electron chi connectivity index (χ3n) is 3.02. The lowest BCUT2D eigenvalue weighted by atomic mass is 10.2. The summed E-state index contributed by atoms with van der Waals surface area (Å²) >= 11 is 0. The largest absolute Gasteiger partial charge is 0.497 e. The highest BCUT2D eigenvalue weighted by Crippen LogP contribution is 2.26. The first-order chi connectivity index (χ1) is 8.59. The quantitative estimate of drug-likeness (QED) is 0.828. The fraction of sp³-hybridized carbons (Fsp3) is 0.417. The molecule has 2 rings (SSSR count). The first-order valence-corrected chi connectivity index (χ1v) is 7.09. The Hall–Kier alpha value is -1.58. The smallest absolute Gasteiger partial charge is 0.244 e. The molecule has 18 heavy (non-hydrogen) atoms. The average molecular weight is 266 g/mol. The Balaban J connectivity index is 2.33. The van der Waals surface area contributed by atoms with Crippen LogP contribution in [0.4, 0.5) is 0 Å². The molecule has 0 radical (unpaired) electrons. The fourth-order valence-electron chi connectivity index (χ4n) is 2.04. The summed E-state index contributed by atoms with van der Waals surface area (Å²) in [4.78, 5) is 0.199. The van der Waals surface area contributed by atoms with E-state index in [-0.39, 0.29) is 4.90 Å². The molecule has 0 N–H and O–H groups in total. The lowest BCUT2D eigenvalue weighted by molar-refractivity contribution is 0.414. The Kier molecular flexibility index (Phi) is 3.55. The summed E-state index contributed by atoms with van der Waals surface area (Å²) in [6.45, 7) is 0.409. The highest BCUT2D eigenvalue weighted by molar-refractivity contribution is 7.89. The zero-order valence-electron chi connectivity index (χ0n) is 10.0. The minimum absolute atomic E-state index is 0.199. The second kappa shape index (κ2) is 4.96. The number of sulfonamides is 1. The van der Waals surface area contributed by atoms with Crippen molar-refractivity contribution >= 4 is 10.0 Å². The monoisotopic (exact) mass is 266 g/mol. The molecule has 1 heterocycles. The average Bonchev–Trinajstić information content (AvgIpc) is 2.88. The maximum absolute atomic E-state index is 12.3. The number of nitriles is 1. The van der Waals surface area contributed by atoms with Crippen molar-refractivity contribution in [2.24, 2.45) is 0 Å². The van der Waals surface area contributed by atoms with E-state index in [2.05, 4.69) is 0 Å². The van der Waals surface area contributed by atoms with E-state index in [1.54, 1.807) is 12.1 Å². The molecule has 1 aliphatic heterocycles. The summed E-state index contributed by atoms with van der Waals surface area (Å²) in [6.07, 6.45) is 1.33. The molecule has 0 aromatic heterocycles. The first kappa shape index (κ1) is 12.9. The third-order valence-corrected chi connectivity index (χ3v) is 4.94. The van der Waals surface area contributed by atoms with Gasteiger partial charge in [0.05, 0.1) is 18.1 Å². The van der Waals surface area contributed by atoms with E-state index in [1.165, 1.54) is 23.5 Å². The van der Waals surface area contributed by atoms with Gasteiger partial charge in [-0.25, -0.2) is 8.42 Å². The second-order valence-electron chi connectivity index (χ2n) is 4.08. The number of methoxy groups -OCH3 is 1. The van der Waals surface area contributed by atoms with E-state index >= 15 is 0 Å². The van der Waals surface area contributed by atoms with Gasteiger partial charge in [0.15, 0.2) is 0 Å². The topological polar surface area (TPSA) is 70.4 Å². The van der Waals surface area contributed by atoms with Crippen molar-refractivity contribution in [2.45, 2.75) is 23.8 Å². The number of rotatable bonds is 3. The number of nitrogens with zero attached hydrogens (tertiary/aromatic N) is 2. The third kappa shape index (κ3) is 2.19. The van der Waals surface area contributed by atoms with Gasteiger partial charge in [0.25, 0.3) is 0 Å². The van der Waals surface area contributed by atoms with Crippen molar-refractivity contribution in [1.82, 2.24) is 4.31 Å². The van der Waals surface area contributed by atoms with Crippen LogP contribution >= 0.6 is 0 Å². The lowest BCUT2D eigenvalue weighted by Gasteiger charge is -2.19. The van der Waals surface area contributed by atoms with Gasteiger partial charge in [-0.3, -0.25) is 0 Å². The van der Waals surface area contributed by atoms with E-state index in [4.69, 9.17) is 10.00 Å². The van der Waals surface area contributed by atoms with Gasteiger partial charge >= 0.3 is 0 Å². The van der Waals surface area contributed by atoms with Crippen LogP contribution in [0, 0.1) is 11.3 Å². The van der Waals surface area contributed by atoms with Gasteiger partial charge in [0.1, 0.15) is 11.8 Å². The Morgan fingerprint density at radius 2 is 2.06 bits per heavy atom. The van der Waals surface area contributed by atoms with Crippen LogP contribution in [0.5, 0.6) is 5.75 Å². The number of hydrogen-bond donors (Lipinski definition) is 0. The van der Waals surface area contributed by atoms with Crippen LogP contribution in [0.3, 0.4) is 0 Å². The maximum Gasteiger partial charge on any atom is 0.244 e. The summed E-state index contributed by atoms with van der Waals surface area (Å²) in [5.74, 6) is 0.604. The van der Waals surface area contributed by atoms with Gasteiger partial charge < -0.3 is 4.74 Å². The molecule has 96 valence electrons. The minimum Gasteiger partial charge on any atom is -0.497 e. The van der Waals surface area contributed by atoms with Crippen molar-refractivity contribution < 1.29 is 13.2 Å². The minimum atomic E-state index is -3.57. The van der Waals surface area contributed by atoms with Crippen molar-refractivity contribution in [3.8, 4) is 11.8 Å². The van der Waals surface area contributed by atoms with Crippen molar-refractivity contribution in [3.63, 3.8) is 0 Å². The van der Waals surface area contributed by atoms with Gasteiger partial charge in [0, 0.05) is 6.54 Å². The molecular formula is C12H14N2O3S. The Bertz CT molecular complexity index is 560. The normalized spacial score (nSPS) is 20.6. The van der Waals surface area contributed by atoms with Gasteiger partial charge in [-0.05, 0) is 37.1 Å². The molecule has 1 saturated heterocycles. The van der Waals surface area contributed by atoms with Crippen LogP contribution < -0.4 is 4.74 Å². The predicted molar refractivity (Wildman–Crippen MR) is 65.5 cm³/mol.